The Balaban J connectivity index is 0. The maximum Gasteiger partial charge on any atom is 0.237 e. The first kappa shape index (κ1) is 18.3. The summed E-state index contributed by atoms with van der Waals surface area (Å²) in [4.78, 5) is 13.7. The van der Waals surface area contributed by atoms with Gasteiger partial charge in [0, 0.05) is 26.2 Å². The lowest BCUT2D eigenvalue weighted by molar-refractivity contribution is -0.127. The molecule has 0 aromatic carbocycles. The number of nitrogens with zero attached hydrogens (tertiary/aromatic N) is 1. The molecule has 0 bridgehead atoms. The number of carbonyl (C=O) groups is 1. The van der Waals surface area contributed by atoms with Gasteiger partial charge in [0.1, 0.15) is 0 Å². The van der Waals surface area contributed by atoms with Gasteiger partial charge < -0.3 is 15.8 Å². The summed E-state index contributed by atoms with van der Waals surface area (Å²) < 4.78 is 5.22. The van der Waals surface area contributed by atoms with Crippen LogP contribution in [-0.2, 0) is 9.53 Å². The Morgan fingerprint density at radius 2 is 2.00 bits per heavy atom. The van der Waals surface area contributed by atoms with Crippen molar-refractivity contribution in [2.45, 2.75) is 13.0 Å². The van der Waals surface area contributed by atoms with Crippen LogP contribution < -0.4 is 11.1 Å². The Morgan fingerprint density at radius 1 is 1.44 bits per heavy atom. The zero-order chi connectivity index (χ0) is 10.4. The standard InChI is InChI=1S/C9H19N3O2.2ClH/c1-8(9(13)11-3-2-10)12-4-6-14-7-5-12;;/h8H,2-7,10H2,1H3,(H,11,13);2*1H. The minimum atomic E-state index is -0.0783. The van der Waals surface area contributed by atoms with E-state index in [4.69, 9.17) is 10.5 Å². The average Bonchev–Trinajstić information content (AvgIpc) is 2.26. The smallest absolute Gasteiger partial charge is 0.237 e. The molecule has 0 saturated carbocycles. The van der Waals surface area contributed by atoms with Gasteiger partial charge in [-0.1, -0.05) is 0 Å². The SMILES string of the molecule is CC(C(=O)NCCN)N1CCOCC1.Cl.Cl. The molecule has 0 aromatic heterocycles. The Hall–Kier alpha value is -0.0700. The number of rotatable bonds is 4. The van der Waals surface area contributed by atoms with Gasteiger partial charge in [0.15, 0.2) is 0 Å². The Morgan fingerprint density at radius 3 is 2.50 bits per heavy atom. The van der Waals surface area contributed by atoms with Crippen LogP contribution in [0.1, 0.15) is 6.92 Å². The predicted molar refractivity (Wildman–Crippen MR) is 68.4 cm³/mol. The highest BCUT2D eigenvalue weighted by atomic mass is 35.5. The lowest BCUT2D eigenvalue weighted by Crippen LogP contribution is -2.50. The minimum Gasteiger partial charge on any atom is -0.379 e. The maximum atomic E-state index is 11.6. The van der Waals surface area contributed by atoms with Crippen molar-refractivity contribution in [2.24, 2.45) is 5.73 Å². The summed E-state index contributed by atoms with van der Waals surface area (Å²) in [5.41, 5.74) is 5.31. The molecule has 1 amide bonds. The lowest BCUT2D eigenvalue weighted by atomic mass is 10.2. The van der Waals surface area contributed by atoms with Gasteiger partial charge in [-0.15, -0.1) is 24.8 Å². The van der Waals surface area contributed by atoms with E-state index in [2.05, 4.69) is 10.2 Å². The van der Waals surface area contributed by atoms with Crippen molar-refractivity contribution in [1.29, 1.82) is 0 Å². The molecule has 1 unspecified atom stereocenters. The highest BCUT2D eigenvalue weighted by molar-refractivity contribution is 5.85. The zero-order valence-electron chi connectivity index (χ0n) is 9.48. The van der Waals surface area contributed by atoms with E-state index in [1.54, 1.807) is 0 Å². The maximum absolute atomic E-state index is 11.6. The summed E-state index contributed by atoms with van der Waals surface area (Å²) in [5, 5.41) is 2.78. The molecule has 1 saturated heterocycles. The van der Waals surface area contributed by atoms with Gasteiger partial charge in [-0.3, -0.25) is 9.69 Å². The predicted octanol–water partition coefficient (Wildman–Crippen LogP) is -0.374. The first-order valence-corrected chi connectivity index (χ1v) is 5.05. The summed E-state index contributed by atoms with van der Waals surface area (Å²) in [6, 6.07) is -0.0783. The fourth-order valence-electron chi connectivity index (χ4n) is 1.47. The summed E-state index contributed by atoms with van der Waals surface area (Å²) in [6.07, 6.45) is 0. The number of morpholine rings is 1. The van der Waals surface area contributed by atoms with E-state index >= 15 is 0 Å². The first-order valence-electron chi connectivity index (χ1n) is 5.05. The average molecular weight is 274 g/mol. The van der Waals surface area contributed by atoms with Crippen molar-refractivity contribution >= 4 is 30.7 Å². The van der Waals surface area contributed by atoms with Crippen molar-refractivity contribution in [3.8, 4) is 0 Å². The van der Waals surface area contributed by atoms with Crippen LogP contribution in [0.3, 0.4) is 0 Å². The quantitative estimate of drug-likeness (QED) is 0.733. The fourth-order valence-corrected chi connectivity index (χ4v) is 1.47. The van der Waals surface area contributed by atoms with Crippen molar-refractivity contribution < 1.29 is 9.53 Å². The van der Waals surface area contributed by atoms with E-state index < -0.39 is 0 Å². The van der Waals surface area contributed by atoms with E-state index in [-0.39, 0.29) is 36.8 Å². The third kappa shape index (κ3) is 5.86. The van der Waals surface area contributed by atoms with Gasteiger partial charge in [0.25, 0.3) is 0 Å². The van der Waals surface area contributed by atoms with Crippen LogP contribution in [-0.4, -0.2) is 56.2 Å². The second kappa shape index (κ2) is 10.1. The third-order valence-corrected chi connectivity index (χ3v) is 2.42. The van der Waals surface area contributed by atoms with Gasteiger partial charge in [-0.25, -0.2) is 0 Å². The molecule has 1 fully saturated rings. The molecule has 1 aliphatic heterocycles. The molecule has 1 aliphatic rings. The van der Waals surface area contributed by atoms with Crippen LogP contribution in [0.5, 0.6) is 0 Å². The fraction of sp³-hybridized carbons (Fsp3) is 0.889. The largest absolute Gasteiger partial charge is 0.379 e. The Labute approximate surface area is 109 Å². The molecule has 5 nitrogen and oxygen atoms in total. The molecular weight excluding hydrogens is 253 g/mol. The van der Waals surface area contributed by atoms with Gasteiger partial charge in [0.2, 0.25) is 5.91 Å². The molecule has 7 heteroatoms. The van der Waals surface area contributed by atoms with Crippen LogP contribution in [0.25, 0.3) is 0 Å². The van der Waals surface area contributed by atoms with E-state index in [1.165, 1.54) is 0 Å². The Kier molecular flexibility index (Phi) is 11.6. The molecule has 0 aliphatic carbocycles. The van der Waals surface area contributed by atoms with Gasteiger partial charge in [-0.05, 0) is 6.92 Å². The molecule has 98 valence electrons. The van der Waals surface area contributed by atoms with Crippen LogP contribution in [0.2, 0.25) is 0 Å². The molecule has 0 spiro atoms. The number of carbonyl (C=O) groups excluding carboxylic acids is 1. The van der Waals surface area contributed by atoms with Crippen LogP contribution in [0.15, 0.2) is 0 Å². The van der Waals surface area contributed by atoms with Crippen LogP contribution >= 0.6 is 24.8 Å². The summed E-state index contributed by atoms with van der Waals surface area (Å²) >= 11 is 0. The molecule has 0 radical (unpaired) electrons. The molecule has 1 heterocycles. The number of halogens is 2. The summed E-state index contributed by atoms with van der Waals surface area (Å²) in [6.45, 7) is 6.05. The lowest BCUT2D eigenvalue weighted by Gasteiger charge is -2.31. The highest BCUT2D eigenvalue weighted by Crippen LogP contribution is 2.03. The van der Waals surface area contributed by atoms with Crippen molar-refractivity contribution in [3.63, 3.8) is 0 Å². The van der Waals surface area contributed by atoms with Gasteiger partial charge >= 0.3 is 0 Å². The monoisotopic (exact) mass is 273 g/mol. The summed E-state index contributed by atoms with van der Waals surface area (Å²) in [5.74, 6) is 0.0531. The van der Waals surface area contributed by atoms with Gasteiger partial charge in [0.05, 0.1) is 19.3 Å². The number of nitrogens with two attached hydrogens (primary N) is 1. The zero-order valence-corrected chi connectivity index (χ0v) is 11.1. The normalized spacial score (nSPS) is 17.9. The Bertz CT molecular complexity index is 190. The second-order valence-corrected chi connectivity index (χ2v) is 3.40. The third-order valence-electron chi connectivity index (χ3n) is 2.42. The number of hydrogen-bond acceptors (Lipinski definition) is 4. The molecular formula is C9H21Cl2N3O2. The number of amides is 1. The summed E-state index contributed by atoms with van der Waals surface area (Å²) in [7, 11) is 0. The van der Waals surface area contributed by atoms with Crippen molar-refractivity contribution in [3.05, 3.63) is 0 Å². The molecule has 3 N–H and O–H groups in total. The number of hydrogen-bond donors (Lipinski definition) is 2. The topological polar surface area (TPSA) is 67.6 Å². The minimum absolute atomic E-state index is 0. The van der Waals surface area contributed by atoms with E-state index in [9.17, 15) is 4.79 Å². The van der Waals surface area contributed by atoms with Gasteiger partial charge in [-0.2, -0.15) is 0 Å². The number of nitrogens with one attached hydrogen (secondary N) is 1. The second-order valence-electron chi connectivity index (χ2n) is 3.40. The van der Waals surface area contributed by atoms with Crippen molar-refractivity contribution in [1.82, 2.24) is 10.2 Å². The molecule has 1 atom stereocenters. The molecule has 16 heavy (non-hydrogen) atoms. The van der Waals surface area contributed by atoms with Crippen LogP contribution in [0, 0.1) is 0 Å². The molecule has 0 aromatic rings. The number of ether oxygens (including phenoxy) is 1. The van der Waals surface area contributed by atoms with Crippen molar-refractivity contribution in [2.75, 3.05) is 39.4 Å². The van der Waals surface area contributed by atoms with E-state index in [1.807, 2.05) is 6.92 Å². The highest BCUT2D eigenvalue weighted by Gasteiger charge is 2.22. The molecule has 1 rings (SSSR count). The van der Waals surface area contributed by atoms with E-state index in [0.717, 1.165) is 13.1 Å². The van der Waals surface area contributed by atoms with Crippen LogP contribution in [0.4, 0.5) is 0 Å². The van der Waals surface area contributed by atoms with E-state index in [0.29, 0.717) is 26.3 Å². The first-order chi connectivity index (χ1) is 6.75.